The van der Waals surface area contributed by atoms with Crippen molar-refractivity contribution < 1.29 is 19.1 Å². The Hall–Kier alpha value is -1.85. The van der Waals surface area contributed by atoms with Gasteiger partial charge in [-0.05, 0) is 13.3 Å². The van der Waals surface area contributed by atoms with Gasteiger partial charge in [-0.1, -0.05) is 6.92 Å². The molecule has 88 valence electrons. The molecule has 0 saturated heterocycles. The van der Waals surface area contributed by atoms with Crippen molar-refractivity contribution in [1.82, 2.24) is 10.3 Å². The molecular formula is C10H14N2O4. The quantitative estimate of drug-likeness (QED) is 0.762. The van der Waals surface area contributed by atoms with Crippen molar-refractivity contribution in [3.05, 3.63) is 17.8 Å². The molecule has 0 saturated carbocycles. The van der Waals surface area contributed by atoms with Crippen LogP contribution in [-0.4, -0.2) is 28.0 Å². The average molecular weight is 226 g/mol. The lowest BCUT2D eigenvalue weighted by atomic mass is 10.2. The summed E-state index contributed by atoms with van der Waals surface area (Å²) in [7, 11) is 0. The van der Waals surface area contributed by atoms with E-state index in [1.165, 1.54) is 6.26 Å². The second kappa shape index (κ2) is 5.29. The van der Waals surface area contributed by atoms with Crippen LogP contribution in [0.3, 0.4) is 0 Å². The highest BCUT2D eigenvalue weighted by atomic mass is 16.4. The number of carbonyl (C=O) groups excluding carboxylic acids is 1. The molecule has 0 fully saturated rings. The fraction of sp³-hybridized carbons (Fsp3) is 0.500. The molecule has 2 N–H and O–H groups in total. The van der Waals surface area contributed by atoms with Crippen LogP contribution in [0.1, 0.15) is 24.9 Å². The fourth-order valence-corrected chi connectivity index (χ4v) is 1.21. The Labute approximate surface area is 92.7 Å². The summed E-state index contributed by atoms with van der Waals surface area (Å²) in [6, 6.07) is -0.858. The molecule has 1 atom stereocenters. The number of aryl methyl sites for hydroxylation is 1. The van der Waals surface area contributed by atoms with E-state index < -0.39 is 17.9 Å². The zero-order valence-corrected chi connectivity index (χ0v) is 9.19. The molecule has 1 unspecified atom stereocenters. The van der Waals surface area contributed by atoms with E-state index in [-0.39, 0.29) is 12.3 Å². The van der Waals surface area contributed by atoms with Gasteiger partial charge in [-0.15, -0.1) is 0 Å². The lowest BCUT2D eigenvalue weighted by Crippen LogP contribution is -2.41. The lowest BCUT2D eigenvalue weighted by Gasteiger charge is -2.10. The van der Waals surface area contributed by atoms with Crippen molar-refractivity contribution in [3.8, 4) is 0 Å². The molecule has 0 radical (unpaired) electrons. The Balaban J connectivity index is 2.50. The van der Waals surface area contributed by atoms with Crippen LogP contribution in [0.25, 0.3) is 0 Å². The number of hydrogen-bond acceptors (Lipinski definition) is 4. The molecule has 0 aliphatic carbocycles. The molecule has 0 bridgehead atoms. The summed E-state index contributed by atoms with van der Waals surface area (Å²) in [6.45, 7) is 3.44. The number of amides is 1. The molecule has 1 heterocycles. The highest BCUT2D eigenvalue weighted by Crippen LogP contribution is 2.01. The van der Waals surface area contributed by atoms with E-state index in [9.17, 15) is 9.59 Å². The number of oxazole rings is 1. The van der Waals surface area contributed by atoms with Gasteiger partial charge in [-0.3, -0.25) is 4.79 Å². The normalized spacial score (nSPS) is 12.1. The summed E-state index contributed by atoms with van der Waals surface area (Å²) in [4.78, 5) is 26.0. The molecule has 0 spiro atoms. The van der Waals surface area contributed by atoms with E-state index in [0.717, 1.165) is 0 Å². The summed E-state index contributed by atoms with van der Waals surface area (Å²) in [5.74, 6) is -1.16. The molecule has 1 amide bonds. The summed E-state index contributed by atoms with van der Waals surface area (Å²) in [6.07, 6.45) is 1.74. The summed E-state index contributed by atoms with van der Waals surface area (Å²) < 4.78 is 4.99. The predicted molar refractivity (Wildman–Crippen MR) is 54.8 cm³/mol. The maximum Gasteiger partial charge on any atom is 0.326 e. The van der Waals surface area contributed by atoms with Crippen LogP contribution in [0.4, 0.5) is 0 Å². The van der Waals surface area contributed by atoms with E-state index in [2.05, 4.69) is 10.3 Å². The maximum absolute atomic E-state index is 11.4. The number of nitrogens with zero attached hydrogens (tertiary/aromatic N) is 1. The zero-order chi connectivity index (χ0) is 12.1. The standard InChI is InChI=1S/C10H14N2O4/c1-3-7(10(14)15)12-8(13)4-9-11-6(2)5-16-9/h5,7H,3-4H2,1-2H3,(H,12,13)(H,14,15). The third-order valence-electron chi connectivity index (χ3n) is 2.02. The first kappa shape index (κ1) is 12.2. The van der Waals surface area contributed by atoms with E-state index in [0.29, 0.717) is 12.1 Å². The van der Waals surface area contributed by atoms with Crippen LogP contribution in [0.2, 0.25) is 0 Å². The Morgan fingerprint density at radius 2 is 2.31 bits per heavy atom. The van der Waals surface area contributed by atoms with E-state index in [1.807, 2.05) is 0 Å². The first-order chi connectivity index (χ1) is 7.52. The molecule has 6 nitrogen and oxygen atoms in total. The minimum atomic E-state index is -1.04. The largest absolute Gasteiger partial charge is 0.480 e. The van der Waals surface area contributed by atoms with E-state index in [4.69, 9.17) is 9.52 Å². The lowest BCUT2D eigenvalue weighted by molar-refractivity contribution is -0.141. The van der Waals surface area contributed by atoms with Gasteiger partial charge in [-0.2, -0.15) is 0 Å². The third-order valence-corrected chi connectivity index (χ3v) is 2.02. The minimum absolute atomic E-state index is 0.0440. The Bertz CT molecular complexity index is 386. The maximum atomic E-state index is 11.4. The Morgan fingerprint density at radius 3 is 2.75 bits per heavy atom. The zero-order valence-electron chi connectivity index (χ0n) is 9.19. The van der Waals surface area contributed by atoms with Crippen LogP contribution in [0.15, 0.2) is 10.7 Å². The van der Waals surface area contributed by atoms with Gasteiger partial charge in [0.2, 0.25) is 11.8 Å². The summed E-state index contributed by atoms with van der Waals surface area (Å²) in [5.41, 5.74) is 0.688. The first-order valence-corrected chi connectivity index (χ1v) is 4.96. The van der Waals surface area contributed by atoms with Crippen LogP contribution in [0.5, 0.6) is 0 Å². The van der Waals surface area contributed by atoms with Crippen molar-refractivity contribution in [3.63, 3.8) is 0 Å². The van der Waals surface area contributed by atoms with Crippen molar-refractivity contribution in [2.75, 3.05) is 0 Å². The summed E-state index contributed by atoms with van der Waals surface area (Å²) >= 11 is 0. The molecule has 1 aromatic rings. The second-order valence-electron chi connectivity index (χ2n) is 3.43. The molecular weight excluding hydrogens is 212 g/mol. The van der Waals surface area contributed by atoms with Gasteiger partial charge in [-0.25, -0.2) is 9.78 Å². The van der Waals surface area contributed by atoms with Crippen molar-refractivity contribution in [2.24, 2.45) is 0 Å². The van der Waals surface area contributed by atoms with Crippen LogP contribution >= 0.6 is 0 Å². The highest BCUT2D eigenvalue weighted by Gasteiger charge is 2.18. The second-order valence-corrected chi connectivity index (χ2v) is 3.43. The highest BCUT2D eigenvalue weighted by molar-refractivity contribution is 5.84. The van der Waals surface area contributed by atoms with Crippen molar-refractivity contribution >= 4 is 11.9 Å². The smallest absolute Gasteiger partial charge is 0.326 e. The topological polar surface area (TPSA) is 92.4 Å². The average Bonchev–Trinajstić information content (AvgIpc) is 2.60. The number of aromatic nitrogens is 1. The predicted octanol–water partition coefficient (Wildman–Crippen LogP) is 0.505. The van der Waals surface area contributed by atoms with Gasteiger partial charge in [0.1, 0.15) is 18.7 Å². The molecule has 16 heavy (non-hydrogen) atoms. The molecule has 6 heteroatoms. The van der Waals surface area contributed by atoms with E-state index >= 15 is 0 Å². The Morgan fingerprint density at radius 1 is 1.62 bits per heavy atom. The van der Waals surface area contributed by atoms with E-state index in [1.54, 1.807) is 13.8 Å². The monoisotopic (exact) mass is 226 g/mol. The van der Waals surface area contributed by atoms with Gasteiger partial charge in [0.05, 0.1) is 5.69 Å². The third kappa shape index (κ3) is 3.38. The fourth-order valence-electron chi connectivity index (χ4n) is 1.21. The number of carboxylic acids is 1. The number of nitrogens with one attached hydrogen (secondary N) is 1. The van der Waals surface area contributed by atoms with Gasteiger partial charge < -0.3 is 14.8 Å². The summed E-state index contributed by atoms with van der Waals surface area (Å²) in [5, 5.41) is 11.1. The van der Waals surface area contributed by atoms with Crippen LogP contribution < -0.4 is 5.32 Å². The van der Waals surface area contributed by atoms with Gasteiger partial charge in [0.15, 0.2) is 0 Å². The molecule has 1 aromatic heterocycles. The number of hydrogen-bond donors (Lipinski definition) is 2. The van der Waals surface area contributed by atoms with Crippen molar-refractivity contribution in [2.45, 2.75) is 32.7 Å². The van der Waals surface area contributed by atoms with Gasteiger partial charge >= 0.3 is 5.97 Å². The number of aliphatic carboxylic acids is 1. The van der Waals surface area contributed by atoms with Crippen molar-refractivity contribution in [1.29, 1.82) is 0 Å². The molecule has 1 rings (SSSR count). The number of rotatable bonds is 5. The SMILES string of the molecule is CCC(NC(=O)Cc1nc(C)co1)C(=O)O. The first-order valence-electron chi connectivity index (χ1n) is 4.96. The molecule has 0 aliphatic heterocycles. The molecule has 0 aromatic carbocycles. The van der Waals surface area contributed by atoms with Crippen LogP contribution in [-0.2, 0) is 16.0 Å². The van der Waals surface area contributed by atoms with Crippen LogP contribution in [0, 0.1) is 6.92 Å². The molecule has 0 aliphatic rings. The number of carbonyl (C=O) groups is 2. The minimum Gasteiger partial charge on any atom is -0.480 e. The number of carboxylic acid groups (broad SMARTS) is 1. The Kier molecular flexibility index (Phi) is 4.04. The van der Waals surface area contributed by atoms with Gasteiger partial charge in [0, 0.05) is 0 Å². The van der Waals surface area contributed by atoms with Gasteiger partial charge in [0.25, 0.3) is 0 Å².